The number of carbonyl (C=O) groups excluding carboxylic acids is 1. The van der Waals surface area contributed by atoms with Crippen molar-refractivity contribution < 1.29 is 9.53 Å². The Bertz CT molecular complexity index is 643. The predicted octanol–water partition coefficient (Wildman–Crippen LogP) is 3.83. The van der Waals surface area contributed by atoms with Crippen LogP contribution in [0.25, 0.3) is 0 Å². The summed E-state index contributed by atoms with van der Waals surface area (Å²) in [5, 5.41) is 4.73. The number of methoxy groups -OCH3 is 1. The fourth-order valence-electron chi connectivity index (χ4n) is 1.74. The first-order chi connectivity index (χ1) is 9.56. The molecule has 0 saturated heterocycles. The summed E-state index contributed by atoms with van der Waals surface area (Å²) in [5.41, 5.74) is 0.686. The molecule has 0 fully saturated rings. The monoisotopic (exact) mass is 376 g/mol. The quantitative estimate of drug-likeness (QED) is 0.743. The third kappa shape index (κ3) is 3.06. The van der Waals surface area contributed by atoms with E-state index < -0.39 is 0 Å². The largest absolute Gasteiger partial charge is 0.383 e. The first-order valence-electron chi connectivity index (χ1n) is 5.75. The topological polar surface area (TPSA) is 44.1 Å². The Labute approximate surface area is 134 Å². The van der Waals surface area contributed by atoms with Crippen molar-refractivity contribution >= 4 is 44.9 Å². The van der Waals surface area contributed by atoms with E-state index in [4.69, 9.17) is 27.9 Å². The Morgan fingerprint density at radius 3 is 2.90 bits per heavy atom. The van der Waals surface area contributed by atoms with Crippen LogP contribution in [-0.2, 0) is 11.3 Å². The molecule has 0 atom stereocenters. The van der Waals surface area contributed by atoms with Crippen LogP contribution in [-0.4, -0.2) is 29.3 Å². The average molecular weight is 378 g/mol. The van der Waals surface area contributed by atoms with Crippen LogP contribution in [0.2, 0.25) is 10.0 Å². The van der Waals surface area contributed by atoms with Gasteiger partial charge in [-0.15, -0.1) is 0 Å². The van der Waals surface area contributed by atoms with Crippen molar-refractivity contribution in [2.75, 3.05) is 13.7 Å². The number of hydrogen-bond donors (Lipinski definition) is 0. The zero-order valence-corrected chi connectivity index (χ0v) is 13.7. The second-order valence-corrected chi connectivity index (χ2v) is 5.63. The fraction of sp³-hybridized carbons (Fsp3) is 0.231. The van der Waals surface area contributed by atoms with Crippen LogP contribution in [0, 0.1) is 0 Å². The Balaban J connectivity index is 2.43. The molecule has 0 bridgehead atoms. The summed E-state index contributed by atoms with van der Waals surface area (Å²) in [6.45, 7) is 0.875. The van der Waals surface area contributed by atoms with E-state index in [-0.39, 0.29) is 5.78 Å². The zero-order chi connectivity index (χ0) is 14.7. The minimum absolute atomic E-state index is 0.269. The summed E-state index contributed by atoms with van der Waals surface area (Å²) in [7, 11) is 1.58. The van der Waals surface area contributed by atoms with E-state index in [0.29, 0.717) is 38.9 Å². The molecule has 0 saturated carbocycles. The highest BCUT2D eigenvalue weighted by Crippen LogP contribution is 2.29. The van der Waals surface area contributed by atoms with Gasteiger partial charge in [0.1, 0.15) is 5.69 Å². The van der Waals surface area contributed by atoms with Crippen LogP contribution >= 0.6 is 39.1 Å². The molecule has 0 aliphatic carbocycles. The number of ether oxygens (including phenoxy) is 1. The third-order valence-electron chi connectivity index (χ3n) is 2.71. The highest BCUT2D eigenvalue weighted by molar-refractivity contribution is 9.10. The van der Waals surface area contributed by atoms with Crippen LogP contribution in [0.3, 0.4) is 0 Å². The molecule has 0 N–H and O–H groups in total. The van der Waals surface area contributed by atoms with E-state index in [1.165, 1.54) is 10.9 Å². The number of benzene rings is 1. The van der Waals surface area contributed by atoms with Crippen molar-refractivity contribution in [1.82, 2.24) is 9.78 Å². The molecule has 0 unspecified atom stereocenters. The SMILES string of the molecule is COCCn1ncc(Cl)c1C(=O)c1cccc(Br)c1Cl. The molecule has 2 rings (SSSR count). The van der Waals surface area contributed by atoms with Crippen LogP contribution in [0.15, 0.2) is 28.9 Å². The van der Waals surface area contributed by atoms with Crippen LogP contribution < -0.4 is 0 Å². The van der Waals surface area contributed by atoms with E-state index in [1.54, 1.807) is 25.3 Å². The van der Waals surface area contributed by atoms with Gasteiger partial charge in [0.2, 0.25) is 5.78 Å². The number of rotatable bonds is 5. The first-order valence-corrected chi connectivity index (χ1v) is 7.30. The second kappa shape index (κ2) is 6.72. The number of ketones is 1. The minimum atomic E-state index is -0.269. The number of nitrogens with zero attached hydrogens (tertiary/aromatic N) is 2. The Morgan fingerprint density at radius 1 is 1.45 bits per heavy atom. The summed E-state index contributed by atoms with van der Waals surface area (Å²) in [4.78, 5) is 12.6. The summed E-state index contributed by atoms with van der Waals surface area (Å²) < 4.78 is 7.17. The third-order valence-corrected chi connectivity index (χ3v) is 4.29. The normalized spacial score (nSPS) is 10.8. The van der Waals surface area contributed by atoms with E-state index >= 15 is 0 Å². The van der Waals surface area contributed by atoms with Gasteiger partial charge in [0.15, 0.2) is 0 Å². The molecule has 20 heavy (non-hydrogen) atoms. The zero-order valence-electron chi connectivity index (χ0n) is 10.6. The minimum Gasteiger partial charge on any atom is -0.383 e. The van der Waals surface area contributed by atoms with Crippen molar-refractivity contribution in [3.8, 4) is 0 Å². The number of carbonyl (C=O) groups is 1. The average Bonchev–Trinajstić information content (AvgIpc) is 2.80. The molecule has 7 heteroatoms. The molecule has 0 spiro atoms. The van der Waals surface area contributed by atoms with Gasteiger partial charge in [0.25, 0.3) is 0 Å². The lowest BCUT2D eigenvalue weighted by Gasteiger charge is -2.08. The van der Waals surface area contributed by atoms with E-state index in [2.05, 4.69) is 21.0 Å². The summed E-state index contributed by atoms with van der Waals surface area (Å²) in [6, 6.07) is 5.16. The molecule has 4 nitrogen and oxygen atoms in total. The van der Waals surface area contributed by atoms with Crippen molar-refractivity contribution in [1.29, 1.82) is 0 Å². The van der Waals surface area contributed by atoms with Gasteiger partial charge >= 0.3 is 0 Å². The molecular weight excluding hydrogens is 367 g/mol. The molecular formula is C13H11BrCl2N2O2. The van der Waals surface area contributed by atoms with Crippen LogP contribution in [0.1, 0.15) is 16.1 Å². The lowest BCUT2D eigenvalue weighted by Crippen LogP contribution is -2.15. The Morgan fingerprint density at radius 2 is 2.20 bits per heavy atom. The maximum atomic E-state index is 12.6. The first kappa shape index (κ1) is 15.5. The number of halogens is 3. The van der Waals surface area contributed by atoms with Gasteiger partial charge in [-0.1, -0.05) is 29.3 Å². The van der Waals surface area contributed by atoms with Gasteiger partial charge in [0.05, 0.1) is 29.4 Å². The molecule has 1 aromatic carbocycles. The van der Waals surface area contributed by atoms with E-state index in [1.807, 2.05) is 0 Å². The maximum Gasteiger partial charge on any atom is 0.214 e. The highest BCUT2D eigenvalue weighted by Gasteiger charge is 2.21. The molecule has 0 radical (unpaired) electrons. The molecule has 2 aromatic rings. The van der Waals surface area contributed by atoms with Gasteiger partial charge in [-0.3, -0.25) is 9.48 Å². The van der Waals surface area contributed by atoms with Crippen LogP contribution in [0.5, 0.6) is 0 Å². The molecule has 1 aromatic heterocycles. The molecule has 1 heterocycles. The summed E-state index contributed by atoms with van der Waals surface area (Å²) in [6.07, 6.45) is 1.44. The molecule has 0 aliphatic heterocycles. The lowest BCUT2D eigenvalue weighted by molar-refractivity contribution is 0.102. The van der Waals surface area contributed by atoms with Crippen molar-refractivity contribution in [3.63, 3.8) is 0 Å². The second-order valence-electron chi connectivity index (χ2n) is 3.99. The summed E-state index contributed by atoms with van der Waals surface area (Å²) in [5.74, 6) is -0.269. The predicted molar refractivity (Wildman–Crippen MR) is 81.7 cm³/mol. The van der Waals surface area contributed by atoms with Crippen molar-refractivity contribution in [3.05, 3.63) is 50.2 Å². The molecule has 106 valence electrons. The van der Waals surface area contributed by atoms with Gasteiger partial charge in [0, 0.05) is 17.1 Å². The standard InChI is InChI=1S/C13H11BrCl2N2O2/c1-20-6-5-18-12(10(15)7-17-18)13(19)8-3-2-4-9(14)11(8)16/h2-4,7H,5-6H2,1H3. The van der Waals surface area contributed by atoms with E-state index in [0.717, 1.165) is 0 Å². The number of aromatic nitrogens is 2. The van der Waals surface area contributed by atoms with Crippen molar-refractivity contribution in [2.45, 2.75) is 6.54 Å². The van der Waals surface area contributed by atoms with Crippen LogP contribution in [0.4, 0.5) is 0 Å². The van der Waals surface area contributed by atoms with Gasteiger partial charge in [-0.25, -0.2) is 0 Å². The molecule has 0 amide bonds. The highest BCUT2D eigenvalue weighted by atomic mass is 79.9. The van der Waals surface area contributed by atoms with Crippen molar-refractivity contribution in [2.24, 2.45) is 0 Å². The van der Waals surface area contributed by atoms with Gasteiger partial charge in [-0.05, 0) is 28.1 Å². The molecule has 0 aliphatic rings. The van der Waals surface area contributed by atoms with Gasteiger partial charge < -0.3 is 4.74 Å². The fourth-order valence-corrected chi connectivity index (χ4v) is 2.55. The number of hydrogen-bond acceptors (Lipinski definition) is 3. The van der Waals surface area contributed by atoms with Gasteiger partial charge in [-0.2, -0.15) is 5.10 Å². The summed E-state index contributed by atoms with van der Waals surface area (Å²) >= 11 is 15.5. The Kier molecular flexibility index (Phi) is 5.21. The maximum absolute atomic E-state index is 12.6. The lowest BCUT2D eigenvalue weighted by atomic mass is 10.1. The smallest absolute Gasteiger partial charge is 0.214 e. The van der Waals surface area contributed by atoms with E-state index in [9.17, 15) is 4.79 Å². The Hall–Kier alpha value is -0.880.